The van der Waals surface area contributed by atoms with Crippen LogP contribution in [0, 0.1) is 12.3 Å². The average Bonchev–Trinajstić information content (AvgIpc) is 3.15. The van der Waals surface area contributed by atoms with Gasteiger partial charge in [-0.3, -0.25) is 14.5 Å². The molecule has 28 heavy (non-hydrogen) atoms. The quantitative estimate of drug-likeness (QED) is 0.797. The smallest absolute Gasteiger partial charge is 0.264 e. The van der Waals surface area contributed by atoms with Crippen molar-refractivity contribution in [3.63, 3.8) is 0 Å². The van der Waals surface area contributed by atoms with Crippen LogP contribution < -0.4 is 5.32 Å². The molecule has 0 radical (unpaired) electrons. The van der Waals surface area contributed by atoms with Crippen molar-refractivity contribution in [3.8, 4) is 0 Å². The Balaban J connectivity index is 1.60. The molecule has 1 aromatic rings. The van der Waals surface area contributed by atoms with E-state index in [1.807, 2.05) is 38.7 Å². The summed E-state index contributed by atoms with van der Waals surface area (Å²) in [6.07, 6.45) is 0.692. The Labute approximate surface area is 171 Å². The minimum Gasteiger partial charge on any atom is -0.335 e. The highest BCUT2D eigenvalue weighted by atomic mass is 32.2. The third-order valence-electron chi connectivity index (χ3n) is 5.36. The summed E-state index contributed by atoms with van der Waals surface area (Å²) in [5.74, 6) is 0.418. The predicted molar refractivity (Wildman–Crippen MR) is 112 cm³/mol. The van der Waals surface area contributed by atoms with Gasteiger partial charge in [0.15, 0.2) is 9.84 Å². The number of hydrogen-bond acceptors (Lipinski definition) is 6. The molecule has 2 aliphatic rings. The second kappa shape index (κ2) is 7.76. The topological polar surface area (TPSA) is 86.8 Å². The lowest BCUT2D eigenvalue weighted by molar-refractivity contribution is -0.123. The van der Waals surface area contributed by atoms with Crippen molar-refractivity contribution in [3.05, 3.63) is 16.5 Å². The van der Waals surface area contributed by atoms with Crippen LogP contribution in [0.4, 0.5) is 5.00 Å². The van der Waals surface area contributed by atoms with E-state index in [1.165, 1.54) is 11.3 Å². The molecule has 7 nitrogen and oxygen atoms in total. The fourth-order valence-corrected chi connectivity index (χ4v) is 6.35. The van der Waals surface area contributed by atoms with Gasteiger partial charge in [-0.1, -0.05) is 20.8 Å². The van der Waals surface area contributed by atoms with Crippen LogP contribution in [0.3, 0.4) is 0 Å². The highest BCUT2D eigenvalue weighted by molar-refractivity contribution is 7.91. The van der Waals surface area contributed by atoms with E-state index in [0.29, 0.717) is 42.5 Å². The highest BCUT2D eigenvalue weighted by Crippen LogP contribution is 2.30. The van der Waals surface area contributed by atoms with Gasteiger partial charge in [0.05, 0.1) is 21.4 Å². The summed E-state index contributed by atoms with van der Waals surface area (Å²) in [7, 11) is -2.90. The molecule has 156 valence electrons. The zero-order chi connectivity index (χ0) is 20.7. The number of rotatable bonds is 3. The number of sulfone groups is 1. The standard InChI is InChI=1S/C19H29N3O4S2/c1-13-11-15(20-18(24)19(2,3)4)27-16(13)17(23)22-8-6-21(7-9-22)14-5-10-28(25,26)12-14/h11,14H,5-10,12H2,1-4H3,(H,20,24). The van der Waals surface area contributed by atoms with Crippen LogP contribution in [0.25, 0.3) is 0 Å². The molecule has 3 rings (SSSR count). The molecule has 2 fully saturated rings. The van der Waals surface area contributed by atoms with Gasteiger partial charge in [-0.05, 0) is 25.0 Å². The zero-order valence-electron chi connectivity index (χ0n) is 16.9. The largest absolute Gasteiger partial charge is 0.335 e. The summed E-state index contributed by atoms with van der Waals surface area (Å²) < 4.78 is 23.4. The van der Waals surface area contributed by atoms with E-state index in [4.69, 9.17) is 0 Å². The Hall–Kier alpha value is -1.45. The maximum Gasteiger partial charge on any atom is 0.264 e. The van der Waals surface area contributed by atoms with Gasteiger partial charge >= 0.3 is 0 Å². The molecule has 3 heterocycles. The Morgan fingerprint density at radius 2 is 1.82 bits per heavy atom. The maximum absolute atomic E-state index is 13.0. The third kappa shape index (κ3) is 4.75. The first-order valence-corrected chi connectivity index (χ1v) is 12.3. The van der Waals surface area contributed by atoms with E-state index >= 15 is 0 Å². The molecule has 2 aliphatic heterocycles. The lowest BCUT2D eigenvalue weighted by atomic mass is 9.96. The summed E-state index contributed by atoms with van der Waals surface area (Å²) in [6.45, 7) is 10.0. The number of nitrogens with one attached hydrogen (secondary N) is 1. The van der Waals surface area contributed by atoms with E-state index < -0.39 is 15.3 Å². The monoisotopic (exact) mass is 427 g/mol. The molecule has 0 aliphatic carbocycles. The molecule has 0 spiro atoms. The number of aryl methyl sites for hydroxylation is 1. The van der Waals surface area contributed by atoms with Gasteiger partial charge in [0.2, 0.25) is 5.91 Å². The van der Waals surface area contributed by atoms with Crippen molar-refractivity contribution in [1.82, 2.24) is 9.80 Å². The first-order chi connectivity index (χ1) is 13.0. The van der Waals surface area contributed by atoms with E-state index in [9.17, 15) is 18.0 Å². The molecular weight excluding hydrogens is 398 g/mol. The molecule has 1 aromatic heterocycles. The summed E-state index contributed by atoms with van der Waals surface area (Å²) >= 11 is 1.32. The van der Waals surface area contributed by atoms with Crippen LogP contribution in [0.2, 0.25) is 0 Å². The summed E-state index contributed by atoms with van der Waals surface area (Å²) in [5, 5.41) is 3.59. The van der Waals surface area contributed by atoms with Crippen molar-refractivity contribution in [1.29, 1.82) is 0 Å². The number of hydrogen-bond donors (Lipinski definition) is 1. The zero-order valence-corrected chi connectivity index (χ0v) is 18.6. The van der Waals surface area contributed by atoms with E-state index in [1.54, 1.807) is 0 Å². The van der Waals surface area contributed by atoms with Gasteiger partial charge in [0.1, 0.15) is 0 Å². The fraction of sp³-hybridized carbons (Fsp3) is 0.684. The summed E-state index contributed by atoms with van der Waals surface area (Å²) in [5.41, 5.74) is 0.370. The predicted octanol–water partition coefficient (Wildman–Crippen LogP) is 1.99. The van der Waals surface area contributed by atoms with Crippen molar-refractivity contribution in [2.75, 3.05) is 43.0 Å². The second-order valence-electron chi connectivity index (χ2n) is 8.71. The molecule has 0 saturated carbocycles. The van der Waals surface area contributed by atoms with Crippen molar-refractivity contribution in [2.24, 2.45) is 5.41 Å². The van der Waals surface area contributed by atoms with Crippen LogP contribution in [-0.2, 0) is 14.6 Å². The van der Waals surface area contributed by atoms with Gasteiger partial charge < -0.3 is 10.2 Å². The SMILES string of the molecule is Cc1cc(NC(=O)C(C)(C)C)sc1C(=O)N1CCN(C2CCS(=O)(=O)C2)CC1. The number of amides is 2. The van der Waals surface area contributed by atoms with Crippen LogP contribution in [0.1, 0.15) is 42.4 Å². The number of anilines is 1. The Morgan fingerprint density at radius 1 is 1.18 bits per heavy atom. The van der Waals surface area contributed by atoms with Crippen LogP contribution in [0.15, 0.2) is 6.07 Å². The van der Waals surface area contributed by atoms with Crippen LogP contribution in [0.5, 0.6) is 0 Å². The molecule has 1 N–H and O–H groups in total. The number of carbonyl (C=O) groups excluding carboxylic acids is 2. The van der Waals surface area contributed by atoms with Crippen LogP contribution >= 0.6 is 11.3 Å². The molecule has 9 heteroatoms. The van der Waals surface area contributed by atoms with Crippen LogP contribution in [-0.4, -0.2) is 73.8 Å². The molecule has 2 saturated heterocycles. The lowest BCUT2D eigenvalue weighted by Gasteiger charge is -2.37. The molecule has 1 unspecified atom stereocenters. The Bertz CT molecular complexity index is 862. The molecule has 1 atom stereocenters. The number of nitrogens with zero attached hydrogens (tertiary/aromatic N) is 2. The van der Waals surface area contributed by atoms with Gasteiger partial charge in [-0.15, -0.1) is 11.3 Å². The third-order valence-corrected chi connectivity index (χ3v) is 8.25. The number of thiophene rings is 1. The minimum absolute atomic E-state index is 0.0162. The number of carbonyl (C=O) groups is 2. The lowest BCUT2D eigenvalue weighted by Crippen LogP contribution is -2.52. The summed E-state index contributed by atoms with van der Waals surface area (Å²) in [6, 6.07) is 1.94. The molecule has 0 aromatic carbocycles. The van der Waals surface area contributed by atoms with E-state index in [2.05, 4.69) is 10.2 Å². The van der Waals surface area contributed by atoms with Crippen molar-refractivity contribution in [2.45, 2.75) is 40.2 Å². The van der Waals surface area contributed by atoms with Crippen molar-refractivity contribution < 1.29 is 18.0 Å². The fourth-order valence-electron chi connectivity index (χ4n) is 3.55. The normalized spacial score (nSPS) is 23.0. The molecule has 2 amide bonds. The first-order valence-electron chi connectivity index (χ1n) is 9.62. The van der Waals surface area contributed by atoms with Gasteiger partial charge in [0.25, 0.3) is 5.91 Å². The van der Waals surface area contributed by atoms with Gasteiger partial charge in [-0.2, -0.15) is 0 Å². The molecular formula is C19H29N3O4S2. The van der Waals surface area contributed by atoms with Crippen molar-refractivity contribution >= 4 is 38.0 Å². The molecule has 0 bridgehead atoms. The van der Waals surface area contributed by atoms with E-state index in [0.717, 1.165) is 5.56 Å². The highest BCUT2D eigenvalue weighted by Gasteiger charge is 2.35. The first kappa shape index (κ1) is 21.3. The maximum atomic E-state index is 13.0. The van der Waals surface area contributed by atoms with Gasteiger partial charge in [-0.25, -0.2) is 8.42 Å². The minimum atomic E-state index is -2.90. The average molecular weight is 428 g/mol. The Morgan fingerprint density at radius 3 is 2.36 bits per heavy atom. The Kier molecular flexibility index (Phi) is 5.89. The van der Waals surface area contributed by atoms with E-state index in [-0.39, 0.29) is 29.4 Å². The second-order valence-corrected chi connectivity index (χ2v) is 12.0. The van der Waals surface area contributed by atoms with Gasteiger partial charge in [0, 0.05) is 37.6 Å². The number of piperazine rings is 1. The summed E-state index contributed by atoms with van der Waals surface area (Å²) in [4.78, 5) is 29.8.